The van der Waals surface area contributed by atoms with E-state index in [1.165, 1.54) is 30.5 Å². The first-order valence-electron chi connectivity index (χ1n) is 7.51. The fourth-order valence-electron chi connectivity index (χ4n) is 3.01. The molecule has 21 heavy (non-hydrogen) atoms. The number of hydrogen-bond acceptors (Lipinski definition) is 3. The summed E-state index contributed by atoms with van der Waals surface area (Å²) >= 11 is 0. The average molecular weight is 280 g/mol. The van der Waals surface area contributed by atoms with Crippen LogP contribution < -0.4 is 5.32 Å². The average Bonchev–Trinajstić information content (AvgIpc) is 2.96. The SMILES string of the molecule is CC1CCCC(c2cncn2Cc2ccc(C#N)cc2)N1. The van der Waals surface area contributed by atoms with Gasteiger partial charge in [-0.05, 0) is 43.9 Å². The Labute approximate surface area is 125 Å². The van der Waals surface area contributed by atoms with E-state index in [4.69, 9.17) is 5.26 Å². The standard InChI is InChI=1S/C17H20N4/c1-13-3-2-4-16(20-13)17-10-19-12-21(17)11-15-7-5-14(9-18)6-8-15/h5-8,10,12-13,16,20H,2-4,11H2,1H3. The van der Waals surface area contributed by atoms with Gasteiger partial charge in [0, 0.05) is 24.8 Å². The van der Waals surface area contributed by atoms with Crippen molar-refractivity contribution in [2.24, 2.45) is 0 Å². The van der Waals surface area contributed by atoms with E-state index < -0.39 is 0 Å². The first-order valence-corrected chi connectivity index (χ1v) is 7.51. The molecule has 0 radical (unpaired) electrons. The van der Waals surface area contributed by atoms with Gasteiger partial charge in [0.2, 0.25) is 0 Å². The number of benzene rings is 1. The lowest BCUT2D eigenvalue weighted by Crippen LogP contribution is -2.35. The van der Waals surface area contributed by atoms with Gasteiger partial charge in [0.05, 0.1) is 23.7 Å². The summed E-state index contributed by atoms with van der Waals surface area (Å²) in [6.07, 6.45) is 7.55. The summed E-state index contributed by atoms with van der Waals surface area (Å²) in [6.45, 7) is 3.04. The molecule has 0 spiro atoms. The molecule has 1 aromatic carbocycles. The van der Waals surface area contributed by atoms with E-state index in [0.717, 1.165) is 6.54 Å². The van der Waals surface area contributed by atoms with Crippen molar-refractivity contribution < 1.29 is 0 Å². The van der Waals surface area contributed by atoms with Crippen molar-refractivity contribution in [3.63, 3.8) is 0 Å². The van der Waals surface area contributed by atoms with Crippen LogP contribution in [0.2, 0.25) is 0 Å². The van der Waals surface area contributed by atoms with Gasteiger partial charge in [-0.15, -0.1) is 0 Å². The molecular formula is C17H20N4. The first-order chi connectivity index (χ1) is 10.3. The van der Waals surface area contributed by atoms with Gasteiger partial charge < -0.3 is 9.88 Å². The zero-order valence-corrected chi connectivity index (χ0v) is 12.3. The highest BCUT2D eigenvalue weighted by molar-refractivity contribution is 5.31. The quantitative estimate of drug-likeness (QED) is 0.940. The van der Waals surface area contributed by atoms with Crippen molar-refractivity contribution in [1.29, 1.82) is 5.26 Å². The Bertz CT molecular complexity index is 636. The van der Waals surface area contributed by atoms with Crippen LogP contribution in [0.15, 0.2) is 36.8 Å². The number of nitriles is 1. The van der Waals surface area contributed by atoms with Crippen LogP contribution in [-0.4, -0.2) is 15.6 Å². The number of aromatic nitrogens is 2. The molecule has 3 rings (SSSR count). The highest BCUT2D eigenvalue weighted by Gasteiger charge is 2.22. The minimum absolute atomic E-state index is 0.398. The second-order valence-electron chi connectivity index (χ2n) is 5.81. The number of nitrogens with one attached hydrogen (secondary N) is 1. The summed E-state index contributed by atoms with van der Waals surface area (Å²) in [5.41, 5.74) is 3.15. The maximum absolute atomic E-state index is 8.85. The van der Waals surface area contributed by atoms with Crippen LogP contribution >= 0.6 is 0 Å². The van der Waals surface area contributed by atoms with E-state index >= 15 is 0 Å². The molecule has 2 aromatic rings. The fourth-order valence-corrected chi connectivity index (χ4v) is 3.01. The largest absolute Gasteiger partial charge is 0.329 e. The summed E-state index contributed by atoms with van der Waals surface area (Å²) < 4.78 is 2.21. The predicted octanol–water partition coefficient (Wildman–Crippen LogP) is 3.01. The molecular weight excluding hydrogens is 260 g/mol. The zero-order valence-electron chi connectivity index (χ0n) is 12.3. The maximum Gasteiger partial charge on any atom is 0.0991 e. The van der Waals surface area contributed by atoms with Crippen LogP contribution in [0.1, 0.15) is 49.0 Å². The number of hydrogen-bond donors (Lipinski definition) is 1. The van der Waals surface area contributed by atoms with E-state index in [1.807, 2.05) is 36.8 Å². The van der Waals surface area contributed by atoms with Crippen LogP contribution in [0.3, 0.4) is 0 Å². The van der Waals surface area contributed by atoms with E-state index in [2.05, 4.69) is 27.9 Å². The Kier molecular flexibility index (Phi) is 4.03. The van der Waals surface area contributed by atoms with Gasteiger partial charge in [0.1, 0.15) is 0 Å². The van der Waals surface area contributed by atoms with Crippen molar-refractivity contribution in [2.45, 2.75) is 44.8 Å². The molecule has 2 heterocycles. The third kappa shape index (κ3) is 3.14. The second-order valence-corrected chi connectivity index (χ2v) is 5.81. The van der Waals surface area contributed by atoms with Gasteiger partial charge in [0.25, 0.3) is 0 Å². The van der Waals surface area contributed by atoms with Crippen molar-refractivity contribution in [3.8, 4) is 6.07 Å². The summed E-state index contributed by atoms with van der Waals surface area (Å²) in [7, 11) is 0. The molecule has 0 amide bonds. The van der Waals surface area contributed by atoms with Crippen molar-refractivity contribution >= 4 is 0 Å². The van der Waals surface area contributed by atoms with E-state index in [-0.39, 0.29) is 0 Å². The molecule has 4 heteroatoms. The summed E-state index contributed by atoms with van der Waals surface area (Å²) in [5, 5.41) is 12.5. The Morgan fingerprint density at radius 2 is 2.14 bits per heavy atom. The molecule has 0 aliphatic carbocycles. The molecule has 1 N–H and O–H groups in total. The lowest BCUT2D eigenvalue weighted by atomic mass is 9.97. The van der Waals surface area contributed by atoms with Crippen LogP contribution in [0, 0.1) is 11.3 Å². The molecule has 1 aliphatic rings. The topological polar surface area (TPSA) is 53.6 Å². The Morgan fingerprint density at radius 1 is 1.33 bits per heavy atom. The minimum atomic E-state index is 0.398. The highest BCUT2D eigenvalue weighted by atomic mass is 15.1. The Morgan fingerprint density at radius 3 is 2.86 bits per heavy atom. The number of imidazole rings is 1. The Hall–Kier alpha value is -2.12. The van der Waals surface area contributed by atoms with Crippen LogP contribution in [0.5, 0.6) is 0 Å². The van der Waals surface area contributed by atoms with Crippen LogP contribution in [0.25, 0.3) is 0 Å². The zero-order chi connectivity index (χ0) is 14.7. The van der Waals surface area contributed by atoms with Crippen LogP contribution in [0.4, 0.5) is 0 Å². The molecule has 2 unspecified atom stereocenters. The molecule has 0 saturated carbocycles. The third-order valence-corrected chi connectivity index (χ3v) is 4.15. The Balaban J connectivity index is 1.77. The van der Waals surface area contributed by atoms with Crippen molar-refractivity contribution in [1.82, 2.24) is 14.9 Å². The van der Waals surface area contributed by atoms with Gasteiger partial charge >= 0.3 is 0 Å². The van der Waals surface area contributed by atoms with Crippen LogP contribution in [-0.2, 0) is 6.54 Å². The summed E-state index contributed by atoms with van der Waals surface area (Å²) in [4.78, 5) is 4.32. The van der Waals surface area contributed by atoms with E-state index in [0.29, 0.717) is 17.6 Å². The van der Waals surface area contributed by atoms with E-state index in [9.17, 15) is 0 Å². The molecule has 1 saturated heterocycles. The van der Waals surface area contributed by atoms with Gasteiger partial charge in [-0.25, -0.2) is 4.98 Å². The summed E-state index contributed by atoms with van der Waals surface area (Å²) in [5.74, 6) is 0. The predicted molar refractivity (Wildman–Crippen MR) is 81.7 cm³/mol. The monoisotopic (exact) mass is 280 g/mol. The summed E-state index contributed by atoms with van der Waals surface area (Å²) in [6, 6.07) is 10.9. The number of piperidine rings is 1. The van der Waals surface area contributed by atoms with E-state index in [1.54, 1.807) is 0 Å². The van der Waals surface area contributed by atoms with Gasteiger partial charge in [-0.3, -0.25) is 0 Å². The van der Waals surface area contributed by atoms with Gasteiger partial charge in [-0.2, -0.15) is 5.26 Å². The normalized spacial score (nSPS) is 21.9. The lowest BCUT2D eigenvalue weighted by Gasteiger charge is -2.29. The first kappa shape index (κ1) is 13.8. The molecule has 4 nitrogen and oxygen atoms in total. The van der Waals surface area contributed by atoms with Crippen molar-refractivity contribution in [3.05, 3.63) is 53.6 Å². The lowest BCUT2D eigenvalue weighted by molar-refractivity contribution is 0.330. The third-order valence-electron chi connectivity index (χ3n) is 4.15. The molecule has 2 atom stereocenters. The second kappa shape index (κ2) is 6.11. The van der Waals surface area contributed by atoms with Gasteiger partial charge in [-0.1, -0.05) is 12.1 Å². The smallest absolute Gasteiger partial charge is 0.0991 e. The highest BCUT2D eigenvalue weighted by Crippen LogP contribution is 2.25. The van der Waals surface area contributed by atoms with Crippen molar-refractivity contribution in [2.75, 3.05) is 0 Å². The fraction of sp³-hybridized carbons (Fsp3) is 0.412. The molecule has 108 valence electrons. The molecule has 1 fully saturated rings. The number of rotatable bonds is 3. The molecule has 1 aromatic heterocycles. The maximum atomic E-state index is 8.85. The number of nitrogens with zero attached hydrogens (tertiary/aromatic N) is 3. The molecule has 1 aliphatic heterocycles. The molecule has 0 bridgehead atoms. The minimum Gasteiger partial charge on any atom is -0.329 e. The van der Waals surface area contributed by atoms with Gasteiger partial charge in [0.15, 0.2) is 0 Å².